The minimum atomic E-state index is -3.76. The van der Waals surface area contributed by atoms with E-state index in [1.807, 2.05) is 68.7 Å². The molecule has 0 unspecified atom stereocenters. The minimum Gasteiger partial charge on any atom is -0.308 e. The molecule has 0 aliphatic carbocycles. The summed E-state index contributed by atoms with van der Waals surface area (Å²) in [4.78, 5) is 2.35. The number of nitrogens with zero attached hydrogens (tertiary/aromatic N) is 3. The Balaban J connectivity index is 1.93. The van der Waals surface area contributed by atoms with Gasteiger partial charge in [0.2, 0.25) is 9.84 Å². The van der Waals surface area contributed by atoms with Gasteiger partial charge in [-0.15, -0.1) is 0 Å². The number of benzene rings is 3. The number of hydrogen-bond acceptors (Lipinski definition) is 4. The lowest BCUT2D eigenvalue weighted by Crippen LogP contribution is -2.19. The van der Waals surface area contributed by atoms with Crippen molar-refractivity contribution in [3.05, 3.63) is 66.7 Å². The van der Waals surface area contributed by atoms with Gasteiger partial charge in [0.25, 0.3) is 0 Å². The first-order valence-electron chi connectivity index (χ1n) is 8.81. The quantitative estimate of drug-likeness (QED) is 0.532. The molecule has 0 saturated carbocycles. The van der Waals surface area contributed by atoms with Crippen LogP contribution in [-0.4, -0.2) is 43.7 Å². The van der Waals surface area contributed by atoms with Crippen molar-refractivity contribution in [3.8, 4) is 0 Å². The summed E-state index contributed by atoms with van der Waals surface area (Å²) in [5.74, 6) is 0. The Morgan fingerprint density at radius 1 is 0.889 bits per heavy atom. The van der Waals surface area contributed by atoms with E-state index < -0.39 is 9.84 Å². The van der Waals surface area contributed by atoms with Crippen LogP contribution in [0, 0.1) is 0 Å². The number of likely N-dealkylation sites (N-methyl/N-ethyl adjacent to an activating group) is 1. The molecule has 0 N–H and O–H groups in total. The SMILES string of the molecule is CN(C)CCn1nc(S(=O)(=O)c2cccc3ccccc23)c2ccccc21. The summed E-state index contributed by atoms with van der Waals surface area (Å²) in [7, 11) is 0.216. The molecule has 1 heterocycles. The van der Waals surface area contributed by atoms with Gasteiger partial charge in [-0.25, -0.2) is 8.42 Å². The first-order valence-corrected chi connectivity index (χ1v) is 10.3. The fourth-order valence-electron chi connectivity index (χ4n) is 3.29. The lowest BCUT2D eigenvalue weighted by atomic mass is 10.1. The van der Waals surface area contributed by atoms with E-state index in [1.54, 1.807) is 16.8 Å². The molecule has 0 bridgehead atoms. The van der Waals surface area contributed by atoms with E-state index in [9.17, 15) is 8.42 Å². The molecule has 27 heavy (non-hydrogen) atoms. The van der Waals surface area contributed by atoms with E-state index in [4.69, 9.17) is 0 Å². The van der Waals surface area contributed by atoms with Crippen LogP contribution >= 0.6 is 0 Å². The zero-order valence-corrected chi connectivity index (χ0v) is 16.1. The molecule has 0 aliphatic rings. The molecule has 5 nitrogen and oxygen atoms in total. The van der Waals surface area contributed by atoms with Crippen molar-refractivity contribution in [1.82, 2.24) is 14.7 Å². The van der Waals surface area contributed by atoms with Crippen LogP contribution in [-0.2, 0) is 16.4 Å². The van der Waals surface area contributed by atoms with Crippen LogP contribution in [0.15, 0.2) is 76.7 Å². The second-order valence-corrected chi connectivity index (χ2v) is 8.66. The van der Waals surface area contributed by atoms with Gasteiger partial charge in [-0.05, 0) is 37.7 Å². The van der Waals surface area contributed by atoms with Crippen LogP contribution in [0.4, 0.5) is 0 Å². The van der Waals surface area contributed by atoms with Crippen molar-refractivity contribution < 1.29 is 8.42 Å². The normalized spacial score (nSPS) is 12.3. The van der Waals surface area contributed by atoms with Crippen molar-refractivity contribution in [2.24, 2.45) is 0 Å². The highest BCUT2D eigenvalue weighted by atomic mass is 32.2. The number of fused-ring (bicyclic) bond motifs is 2. The lowest BCUT2D eigenvalue weighted by Gasteiger charge is -2.09. The predicted octanol–water partition coefficient (Wildman–Crippen LogP) is 3.58. The van der Waals surface area contributed by atoms with Gasteiger partial charge < -0.3 is 4.90 Å². The standard InChI is InChI=1S/C21H21N3O2S/c1-23(2)14-15-24-19-12-6-5-11-18(19)21(22-24)27(25,26)20-13-7-9-16-8-3-4-10-17(16)20/h3-13H,14-15H2,1-2H3. The van der Waals surface area contributed by atoms with E-state index in [-0.39, 0.29) is 5.03 Å². The predicted molar refractivity (Wildman–Crippen MR) is 108 cm³/mol. The summed E-state index contributed by atoms with van der Waals surface area (Å²) in [6.45, 7) is 1.40. The van der Waals surface area contributed by atoms with Gasteiger partial charge >= 0.3 is 0 Å². The van der Waals surface area contributed by atoms with Crippen LogP contribution in [0.25, 0.3) is 21.7 Å². The van der Waals surface area contributed by atoms with Gasteiger partial charge in [-0.1, -0.05) is 48.5 Å². The van der Waals surface area contributed by atoms with E-state index in [0.29, 0.717) is 22.2 Å². The summed E-state index contributed by atoms with van der Waals surface area (Å²) < 4.78 is 28.8. The van der Waals surface area contributed by atoms with Crippen molar-refractivity contribution in [3.63, 3.8) is 0 Å². The number of sulfone groups is 1. The molecule has 0 spiro atoms. The van der Waals surface area contributed by atoms with E-state index in [2.05, 4.69) is 10.00 Å². The Morgan fingerprint density at radius 3 is 2.33 bits per heavy atom. The summed E-state index contributed by atoms with van der Waals surface area (Å²) in [5, 5.41) is 6.91. The Bertz CT molecular complexity index is 1220. The fourth-order valence-corrected chi connectivity index (χ4v) is 4.90. The molecular weight excluding hydrogens is 358 g/mol. The summed E-state index contributed by atoms with van der Waals surface area (Å²) in [6, 6.07) is 20.4. The summed E-state index contributed by atoms with van der Waals surface area (Å²) in [6.07, 6.45) is 0. The third-order valence-electron chi connectivity index (χ3n) is 4.68. The highest BCUT2D eigenvalue weighted by Gasteiger charge is 2.26. The molecule has 0 atom stereocenters. The zero-order chi connectivity index (χ0) is 19.0. The summed E-state index contributed by atoms with van der Waals surface area (Å²) >= 11 is 0. The molecule has 4 aromatic rings. The van der Waals surface area contributed by atoms with Crippen LogP contribution in [0.5, 0.6) is 0 Å². The zero-order valence-electron chi connectivity index (χ0n) is 15.3. The van der Waals surface area contributed by atoms with E-state index >= 15 is 0 Å². The van der Waals surface area contributed by atoms with Gasteiger partial charge in [0.1, 0.15) is 0 Å². The lowest BCUT2D eigenvalue weighted by molar-refractivity contribution is 0.375. The van der Waals surface area contributed by atoms with E-state index in [0.717, 1.165) is 17.4 Å². The first-order chi connectivity index (χ1) is 13.0. The Labute approximate surface area is 158 Å². The molecule has 1 aromatic heterocycles. The minimum absolute atomic E-state index is 0.119. The van der Waals surface area contributed by atoms with Crippen LogP contribution in [0.3, 0.4) is 0 Å². The topological polar surface area (TPSA) is 55.2 Å². The number of para-hydroxylation sites is 1. The highest BCUT2D eigenvalue weighted by molar-refractivity contribution is 7.91. The molecule has 0 radical (unpaired) electrons. The Hall–Kier alpha value is -2.70. The maximum absolute atomic E-state index is 13.5. The molecule has 0 aliphatic heterocycles. The average molecular weight is 379 g/mol. The number of hydrogen-bond donors (Lipinski definition) is 0. The van der Waals surface area contributed by atoms with Crippen LogP contribution < -0.4 is 0 Å². The third-order valence-corrected chi connectivity index (χ3v) is 6.42. The second-order valence-electron chi connectivity index (χ2n) is 6.83. The second kappa shape index (κ2) is 6.79. The molecule has 0 amide bonds. The van der Waals surface area contributed by atoms with Gasteiger partial charge in [0, 0.05) is 17.3 Å². The van der Waals surface area contributed by atoms with Crippen molar-refractivity contribution in [1.29, 1.82) is 0 Å². The highest BCUT2D eigenvalue weighted by Crippen LogP contribution is 2.31. The molecular formula is C21H21N3O2S. The first kappa shape index (κ1) is 17.7. The van der Waals surface area contributed by atoms with Gasteiger partial charge in [0.15, 0.2) is 5.03 Å². The van der Waals surface area contributed by atoms with Crippen LogP contribution in [0.1, 0.15) is 0 Å². The van der Waals surface area contributed by atoms with E-state index in [1.165, 1.54) is 0 Å². The number of aromatic nitrogens is 2. The fraction of sp³-hybridized carbons (Fsp3) is 0.190. The van der Waals surface area contributed by atoms with Gasteiger partial charge in [-0.3, -0.25) is 4.68 Å². The maximum atomic E-state index is 13.5. The number of rotatable bonds is 5. The molecule has 0 saturated heterocycles. The van der Waals surface area contributed by atoms with Crippen molar-refractivity contribution in [2.75, 3.05) is 20.6 Å². The van der Waals surface area contributed by atoms with Gasteiger partial charge in [0.05, 0.1) is 17.0 Å². The molecule has 4 rings (SSSR count). The summed E-state index contributed by atoms with van der Waals surface area (Å²) in [5.41, 5.74) is 0.832. The van der Waals surface area contributed by atoms with Crippen molar-refractivity contribution >= 4 is 31.5 Å². The monoisotopic (exact) mass is 379 g/mol. The molecule has 6 heteroatoms. The van der Waals surface area contributed by atoms with Crippen molar-refractivity contribution in [2.45, 2.75) is 16.5 Å². The molecule has 138 valence electrons. The largest absolute Gasteiger partial charge is 0.308 e. The average Bonchev–Trinajstić information content (AvgIpc) is 3.05. The maximum Gasteiger partial charge on any atom is 0.226 e. The smallest absolute Gasteiger partial charge is 0.226 e. The Kier molecular flexibility index (Phi) is 4.45. The molecule has 0 fully saturated rings. The van der Waals surface area contributed by atoms with Gasteiger partial charge in [-0.2, -0.15) is 5.10 Å². The third kappa shape index (κ3) is 3.11. The Morgan fingerprint density at radius 2 is 1.56 bits per heavy atom. The van der Waals surface area contributed by atoms with Crippen LogP contribution in [0.2, 0.25) is 0 Å². The molecule has 3 aromatic carbocycles.